The molecule has 1 aromatic heterocycles. The van der Waals surface area contributed by atoms with Crippen LogP contribution in [0.3, 0.4) is 0 Å². The molecule has 0 aliphatic carbocycles. The number of sulfonamides is 1. The Morgan fingerprint density at radius 1 is 1.00 bits per heavy atom. The van der Waals surface area contributed by atoms with Crippen molar-refractivity contribution in [1.82, 2.24) is 9.47 Å². The predicted octanol–water partition coefficient (Wildman–Crippen LogP) is 1.57. The summed E-state index contributed by atoms with van der Waals surface area (Å²) in [7, 11) is -3.98. The molecule has 0 saturated carbocycles. The second-order valence-corrected chi connectivity index (χ2v) is 9.80. The third-order valence-electron chi connectivity index (χ3n) is 5.78. The second-order valence-electron chi connectivity index (χ2n) is 8.12. The fourth-order valence-electron chi connectivity index (χ4n) is 4.40. The highest BCUT2D eigenvalue weighted by atomic mass is 32.2. The van der Waals surface area contributed by atoms with Gasteiger partial charge in [-0.2, -0.15) is 0 Å². The van der Waals surface area contributed by atoms with Crippen LogP contribution >= 0.6 is 0 Å². The summed E-state index contributed by atoms with van der Waals surface area (Å²) >= 11 is 0. The molecule has 2 aromatic rings. The molecule has 4 rings (SSSR count). The Balaban J connectivity index is 1.59. The van der Waals surface area contributed by atoms with Gasteiger partial charge in [0.15, 0.2) is 0 Å². The van der Waals surface area contributed by atoms with Crippen molar-refractivity contribution in [3.8, 4) is 0 Å². The van der Waals surface area contributed by atoms with Crippen LogP contribution in [0.1, 0.15) is 31.9 Å². The van der Waals surface area contributed by atoms with Gasteiger partial charge in [-0.1, -0.05) is 0 Å². The maximum Gasteiger partial charge on any atom is 0.275 e. The number of rotatable bonds is 4. The van der Waals surface area contributed by atoms with E-state index in [1.807, 2.05) is 4.90 Å². The maximum absolute atomic E-state index is 13.1. The lowest BCUT2D eigenvalue weighted by Gasteiger charge is -2.42. The first-order chi connectivity index (χ1) is 14.6. The van der Waals surface area contributed by atoms with Gasteiger partial charge in [-0.3, -0.25) is 19.1 Å². The zero-order valence-corrected chi connectivity index (χ0v) is 18.1. The number of nitrogens with zero attached hydrogens (tertiary/aromatic N) is 2. The number of amides is 2. The molecular weight excluding hydrogens is 420 g/mol. The lowest BCUT2D eigenvalue weighted by molar-refractivity contribution is -0.131. The molecule has 164 valence electrons. The molecule has 1 fully saturated rings. The fraction of sp³-hybridized carbons (Fsp3) is 0.381. The van der Waals surface area contributed by atoms with E-state index in [1.165, 1.54) is 37.3 Å². The number of anilines is 2. The topological polar surface area (TPSA) is 118 Å². The van der Waals surface area contributed by atoms with Crippen LogP contribution in [0, 0.1) is 5.92 Å². The van der Waals surface area contributed by atoms with Gasteiger partial charge in [-0.25, -0.2) is 8.42 Å². The summed E-state index contributed by atoms with van der Waals surface area (Å²) < 4.78 is 29.6. The molecule has 9 nitrogen and oxygen atoms in total. The van der Waals surface area contributed by atoms with Crippen molar-refractivity contribution in [3.05, 3.63) is 52.4 Å². The van der Waals surface area contributed by atoms with Crippen molar-refractivity contribution >= 4 is 33.2 Å². The van der Waals surface area contributed by atoms with Gasteiger partial charge in [0.25, 0.3) is 15.6 Å². The number of piperidine rings is 1. The van der Waals surface area contributed by atoms with E-state index in [-0.39, 0.29) is 39.8 Å². The van der Waals surface area contributed by atoms with E-state index in [9.17, 15) is 22.8 Å². The molecule has 2 amide bonds. The Bertz CT molecular complexity index is 1200. The molecule has 10 heteroatoms. The number of carbonyl (C=O) groups is 2. The van der Waals surface area contributed by atoms with Crippen LogP contribution < -0.4 is 15.6 Å². The molecule has 2 bridgehead atoms. The number of benzene rings is 1. The smallest absolute Gasteiger partial charge is 0.275 e. The Morgan fingerprint density at radius 2 is 1.71 bits per heavy atom. The molecular formula is C21H24N4O5S. The van der Waals surface area contributed by atoms with Gasteiger partial charge in [0.1, 0.15) is 5.69 Å². The quantitative estimate of drug-likeness (QED) is 0.742. The molecule has 2 aliphatic rings. The van der Waals surface area contributed by atoms with E-state index in [4.69, 9.17) is 0 Å². The molecule has 31 heavy (non-hydrogen) atoms. The van der Waals surface area contributed by atoms with E-state index in [2.05, 4.69) is 10.0 Å². The molecule has 2 N–H and O–H groups in total. The molecule has 0 spiro atoms. The van der Waals surface area contributed by atoms with Crippen molar-refractivity contribution < 1.29 is 18.0 Å². The number of hydrogen-bond acceptors (Lipinski definition) is 5. The van der Waals surface area contributed by atoms with Crippen molar-refractivity contribution in [2.24, 2.45) is 5.92 Å². The lowest BCUT2D eigenvalue weighted by Crippen LogP contribution is -2.48. The van der Waals surface area contributed by atoms with Crippen molar-refractivity contribution in [3.63, 3.8) is 0 Å². The molecule has 1 saturated heterocycles. The standard InChI is InChI=1S/C21H24N4O5S/c1-13(26)22-17-3-5-18(6-4-17)31(29,30)23-19-7-8-20-16-9-15(11-25(20)21(19)28)10-24(12-16)14(2)27/h3-8,15-16,23H,9-12H2,1-2H3,(H,22,26)/t15-,16+/m0/s1. The van der Waals surface area contributed by atoms with Crippen molar-refractivity contribution in [2.75, 3.05) is 23.1 Å². The van der Waals surface area contributed by atoms with Crippen molar-refractivity contribution in [1.29, 1.82) is 0 Å². The molecule has 0 unspecified atom stereocenters. The van der Waals surface area contributed by atoms with Crippen LogP contribution in [0.25, 0.3) is 0 Å². The van der Waals surface area contributed by atoms with E-state index >= 15 is 0 Å². The van der Waals surface area contributed by atoms with Crippen LogP contribution in [-0.4, -0.2) is 42.8 Å². The first kappa shape index (κ1) is 21.1. The average Bonchev–Trinajstić information content (AvgIpc) is 2.70. The predicted molar refractivity (Wildman–Crippen MR) is 115 cm³/mol. The molecule has 3 heterocycles. The summed E-state index contributed by atoms with van der Waals surface area (Å²) in [5, 5.41) is 2.57. The normalized spacial score (nSPS) is 20.0. The molecule has 0 radical (unpaired) electrons. The summed E-state index contributed by atoms with van der Waals surface area (Å²) in [6.45, 7) is 4.54. The average molecular weight is 445 g/mol. The molecule has 2 aliphatic heterocycles. The maximum atomic E-state index is 13.1. The highest BCUT2D eigenvalue weighted by molar-refractivity contribution is 7.92. The molecule has 2 atom stereocenters. The Kier molecular flexibility index (Phi) is 5.34. The van der Waals surface area contributed by atoms with Gasteiger partial charge in [-0.15, -0.1) is 0 Å². The van der Waals surface area contributed by atoms with Crippen LogP contribution in [-0.2, 0) is 26.2 Å². The Hall–Kier alpha value is -3.14. The van der Waals surface area contributed by atoms with E-state index in [0.717, 1.165) is 12.1 Å². The first-order valence-electron chi connectivity index (χ1n) is 10.0. The summed E-state index contributed by atoms with van der Waals surface area (Å²) in [6, 6.07) is 8.96. The number of nitrogens with one attached hydrogen (secondary N) is 2. The first-order valence-corrected chi connectivity index (χ1v) is 11.5. The van der Waals surface area contributed by atoms with E-state index < -0.39 is 10.0 Å². The summed E-state index contributed by atoms with van der Waals surface area (Å²) in [5.74, 6) is 0.00325. The van der Waals surface area contributed by atoms with Gasteiger partial charge in [0.2, 0.25) is 11.8 Å². The number of hydrogen-bond donors (Lipinski definition) is 2. The number of aromatic nitrogens is 1. The fourth-order valence-corrected chi connectivity index (χ4v) is 5.46. The Morgan fingerprint density at radius 3 is 2.35 bits per heavy atom. The van der Waals surface area contributed by atoms with Crippen LogP contribution in [0.15, 0.2) is 46.1 Å². The second kappa shape index (κ2) is 7.84. The summed E-state index contributed by atoms with van der Waals surface area (Å²) in [6.07, 6.45) is 0.912. The van der Waals surface area contributed by atoms with Gasteiger partial charge < -0.3 is 14.8 Å². The van der Waals surface area contributed by atoms with Crippen molar-refractivity contribution in [2.45, 2.75) is 37.6 Å². The SMILES string of the molecule is CC(=O)Nc1ccc(S(=O)(=O)Nc2ccc3n(c2=O)C[C@H]2C[C@@H]3CN(C(C)=O)C2)cc1. The third-order valence-corrected chi connectivity index (χ3v) is 7.16. The van der Waals surface area contributed by atoms with Gasteiger partial charge in [0.05, 0.1) is 4.90 Å². The highest BCUT2D eigenvalue weighted by Gasteiger charge is 2.36. The monoisotopic (exact) mass is 444 g/mol. The zero-order valence-electron chi connectivity index (χ0n) is 17.3. The van der Waals surface area contributed by atoms with E-state index in [0.29, 0.717) is 25.3 Å². The largest absolute Gasteiger partial charge is 0.342 e. The van der Waals surface area contributed by atoms with Gasteiger partial charge >= 0.3 is 0 Å². The van der Waals surface area contributed by atoms with Crippen LogP contribution in [0.2, 0.25) is 0 Å². The van der Waals surface area contributed by atoms with Crippen LogP contribution in [0.5, 0.6) is 0 Å². The van der Waals surface area contributed by atoms with Gasteiger partial charge in [-0.05, 0) is 48.7 Å². The third kappa shape index (κ3) is 4.20. The minimum absolute atomic E-state index is 0.0157. The zero-order chi connectivity index (χ0) is 22.3. The number of likely N-dealkylation sites (tertiary alicyclic amines) is 1. The van der Waals surface area contributed by atoms with E-state index in [1.54, 1.807) is 17.6 Å². The minimum atomic E-state index is -3.98. The Labute approximate surface area is 180 Å². The number of pyridine rings is 1. The lowest BCUT2D eigenvalue weighted by atomic mass is 9.83. The summed E-state index contributed by atoms with van der Waals surface area (Å²) in [5.41, 5.74) is 0.904. The van der Waals surface area contributed by atoms with Crippen LogP contribution in [0.4, 0.5) is 11.4 Å². The van der Waals surface area contributed by atoms with Gasteiger partial charge in [0, 0.05) is 50.8 Å². The number of fused-ring (bicyclic) bond motifs is 4. The number of carbonyl (C=O) groups excluding carboxylic acids is 2. The summed E-state index contributed by atoms with van der Waals surface area (Å²) in [4.78, 5) is 37.8. The highest BCUT2D eigenvalue weighted by Crippen LogP contribution is 2.35. The minimum Gasteiger partial charge on any atom is -0.342 e. The molecule has 1 aromatic carbocycles.